The highest BCUT2D eigenvalue weighted by atomic mass is 32.2. The summed E-state index contributed by atoms with van der Waals surface area (Å²) >= 11 is 1.66. The summed E-state index contributed by atoms with van der Waals surface area (Å²) in [6.45, 7) is 0. The number of aliphatic carboxylic acids is 1. The smallest absolute Gasteiger partial charge is 0.323 e. The van der Waals surface area contributed by atoms with Crippen LogP contribution in [0.5, 0.6) is 0 Å². The van der Waals surface area contributed by atoms with Gasteiger partial charge in [0.05, 0.1) is 5.52 Å². The summed E-state index contributed by atoms with van der Waals surface area (Å²) in [4.78, 5) is 20.1. The molecule has 0 bridgehead atoms. The Morgan fingerprint density at radius 2 is 2.24 bits per heavy atom. The third-order valence-electron chi connectivity index (χ3n) is 4.14. The average molecular weight is 303 g/mol. The largest absolute Gasteiger partial charge is 0.480 e. The zero-order valence-electron chi connectivity index (χ0n) is 11.7. The molecule has 1 aromatic carbocycles. The summed E-state index contributed by atoms with van der Waals surface area (Å²) in [5, 5.41) is 14.6. The van der Waals surface area contributed by atoms with E-state index >= 15 is 0 Å². The second-order valence-corrected chi connectivity index (χ2v) is 6.60. The Morgan fingerprint density at radius 3 is 2.95 bits per heavy atom. The number of fused-ring (bicyclic) bond motifs is 1. The Bertz CT molecular complexity index is 674. The molecule has 1 fully saturated rings. The van der Waals surface area contributed by atoms with Crippen LogP contribution in [0.3, 0.4) is 0 Å². The number of likely N-dealkylation sites (N-methyl/N-ethyl adjacent to an activating group) is 1. The third-order valence-corrected chi connectivity index (χ3v) is 5.43. The molecule has 3 rings (SSSR count). The van der Waals surface area contributed by atoms with Gasteiger partial charge in [0.15, 0.2) is 0 Å². The van der Waals surface area contributed by atoms with Crippen LogP contribution >= 0.6 is 11.8 Å². The van der Waals surface area contributed by atoms with E-state index in [1.165, 1.54) is 0 Å². The highest BCUT2D eigenvalue weighted by Crippen LogP contribution is 2.41. The molecule has 2 atom stereocenters. The number of nitrogens with one attached hydrogen (secondary N) is 1. The monoisotopic (exact) mass is 303 g/mol. The van der Waals surface area contributed by atoms with Crippen molar-refractivity contribution >= 4 is 28.6 Å². The minimum Gasteiger partial charge on any atom is -0.480 e. The van der Waals surface area contributed by atoms with E-state index in [4.69, 9.17) is 0 Å². The van der Waals surface area contributed by atoms with Crippen LogP contribution in [0.1, 0.15) is 19.3 Å². The minimum atomic E-state index is -0.791. The zero-order chi connectivity index (χ0) is 14.9. The molecule has 1 aliphatic carbocycles. The van der Waals surface area contributed by atoms with Gasteiger partial charge in [-0.25, -0.2) is 9.97 Å². The van der Waals surface area contributed by atoms with Crippen molar-refractivity contribution in [1.29, 1.82) is 0 Å². The normalized spacial score (nSPS) is 25.3. The topological polar surface area (TPSA) is 75.1 Å². The molecule has 2 N–H and O–H groups in total. The Balaban J connectivity index is 1.83. The van der Waals surface area contributed by atoms with Crippen LogP contribution in [0.15, 0.2) is 35.6 Å². The standard InChI is InChI=1S/C15H17N3O2S/c1-16-15(14(19)20)7-6-10(8-15)21-13-11-4-2-3-5-12(11)17-9-18-13/h2-5,9-10,16H,6-8H2,1H3,(H,19,20). The molecule has 1 heterocycles. The number of nitrogens with zero attached hydrogens (tertiary/aromatic N) is 2. The van der Waals surface area contributed by atoms with Crippen molar-refractivity contribution in [3.8, 4) is 0 Å². The second-order valence-electron chi connectivity index (χ2n) is 5.32. The van der Waals surface area contributed by atoms with Crippen molar-refractivity contribution < 1.29 is 9.90 Å². The van der Waals surface area contributed by atoms with Gasteiger partial charge in [-0.05, 0) is 32.4 Å². The molecule has 1 saturated carbocycles. The summed E-state index contributed by atoms with van der Waals surface area (Å²) in [5.41, 5.74) is 0.131. The number of carboxylic acids is 1. The first kappa shape index (κ1) is 14.3. The van der Waals surface area contributed by atoms with E-state index in [-0.39, 0.29) is 5.25 Å². The maximum atomic E-state index is 11.5. The van der Waals surface area contributed by atoms with Gasteiger partial charge >= 0.3 is 5.97 Å². The SMILES string of the molecule is CNC1(C(=O)O)CCC(Sc2ncnc3ccccc23)C1. The predicted octanol–water partition coefficient (Wildman–Crippen LogP) is 2.32. The molecule has 0 radical (unpaired) electrons. The third kappa shape index (κ3) is 2.61. The summed E-state index contributed by atoms with van der Waals surface area (Å²) < 4.78 is 0. The lowest BCUT2D eigenvalue weighted by atomic mass is 9.99. The van der Waals surface area contributed by atoms with Crippen LogP contribution < -0.4 is 5.32 Å². The van der Waals surface area contributed by atoms with Gasteiger partial charge in [0.25, 0.3) is 0 Å². The van der Waals surface area contributed by atoms with E-state index in [1.807, 2.05) is 24.3 Å². The Hall–Kier alpha value is -1.66. The van der Waals surface area contributed by atoms with Gasteiger partial charge in [-0.2, -0.15) is 0 Å². The van der Waals surface area contributed by atoms with Crippen LogP contribution in [0.4, 0.5) is 0 Å². The quantitative estimate of drug-likeness (QED) is 0.844. The number of hydrogen-bond donors (Lipinski definition) is 2. The highest BCUT2D eigenvalue weighted by molar-refractivity contribution is 8.00. The predicted molar refractivity (Wildman–Crippen MR) is 82.5 cm³/mol. The molecule has 0 aliphatic heterocycles. The van der Waals surface area contributed by atoms with Crippen LogP contribution in [0.2, 0.25) is 0 Å². The molecule has 2 aromatic rings. The van der Waals surface area contributed by atoms with Crippen molar-refractivity contribution in [3.05, 3.63) is 30.6 Å². The number of rotatable bonds is 4. The Morgan fingerprint density at radius 1 is 1.43 bits per heavy atom. The van der Waals surface area contributed by atoms with E-state index in [0.717, 1.165) is 22.3 Å². The van der Waals surface area contributed by atoms with Crippen molar-refractivity contribution in [2.75, 3.05) is 7.05 Å². The van der Waals surface area contributed by atoms with Crippen LogP contribution in [0.25, 0.3) is 10.9 Å². The summed E-state index contributed by atoms with van der Waals surface area (Å²) in [6, 6.07) is 7.90. The van der Waals surface area contributed by atoms with E-state index < -0.39 is 11.5 Å². The van der Waals surface area contributed by atoms with Gasteiger partial charge in [-0.15, -0.1) is 11.8 Å². The molecular weight excluding hydrogens is 286 g/mol. The number of carboxylic acid groups (broad SMARTS) is 1. The van der Waals surface area contributed by atoms with Crippen LogP contribution in [-0.2, 0) is 4.79 Å². The summed E-state index contributed by atoms with van der Waals surface area (Å²) in [5.74, 6) is -0.763. The molecule has 0 spiro atoms. The van der Waals surface area contributed by atoms with Gasteiger partial charge in [-0.1, -0.05) is 18.2 Å². The lowest BCUT2D eigenvalue weighted by Crippen LogP contribution is -2.48. The van der Waals surface area contributed by atoms with Gasteiger partial charge < -0.3 is 10.4 Å². The van der Waals surface area contributed by atoms with Gasteiger partial charge in [0.2, 0.25) is 0 Å². The molecule has 1 aromatic heterocycles. The molecule has 2 unspecified atom stereocenters. The second kappa shape index (κ2) is 5.61. The lowest BCUT2D eigenvalue weighted by molar-refractivity contribution is -0.144. The fraction of sp³-hybridized carbons (Fsp3) is 0.400. The van der Waals surface area contributed by atoms with E-state index in [0.29, 0.717) is 12.8 Å². The van der Waals surface area contributed by atoms with E-state index in [2.05, 4.69) is 15.3 Å². The first-order valence-corrected chi connectivity index (χ1v) is 7.81. The molecule has 1 aliphatic rings. The first-order chi connectivity index (χ1) is 10.1. The molecule has 21 heavy (non-hydrogen) atoms. The molecular formula is C15H17N3O2S. The zero-order valence-corrected chi connectivity index (χ0v) is 12.6. The lowest BCUT2D eigenvalue weighted by Gasteiger charge is -2.23. The van der Waals surface area contributed by atoms with E-state index in [1.54, 1.807) is 25.1 Å². The van der Waals surface area contributed by atoms with Gasteiger partial charge in [-0.3, -0.25) is 4.79 Å². The number of aromatic nitrogens is 2. The fourth-order valence-corrected chi connectivity index (χ4v) is 4.19. The van der Waals surface area contributed by atoms with Crippen molar-refractivity contribution in [1.82, 2.24) is 15.3 Å². The highest BCUT2D eigenvalue weighted by Gasteiger charge is 2.44. The summed E-state index contributed by atoms with van der Waals surface area (Å²) in [7, 11) is 1.72. The Kier molecular flexibility index (Phi) is 3.82. The van der Waals surface area contributed by atoms with Crippen LogP contribution in [0, 0.1) is 0 Å². The number of para-hydroxylation sites is 1. The van der Waals surface area contributed by atoms with E-state index in [9.17, 15) is 9.90 Å². The molecule has 5 nitrogen and oxygen atoms in total. The molecule has 6 heteroatoms. The van der Waals surface area contributed by atoms with Gasteiger partial charge in [0.1, 0.15) is 16.9 Å². The number of benzene rings is 1. The minimum absolute atomic E-state index is 0.256. The number of hydrogen-bond acceptors (Lipinski definition) is 5. The van der Waals surface area contributed by atoms with Crippen molar-refractivity contribution in [2.45, 2.75) is 35.1 Å². The Labute approximate surface area is 127 Å². The van der Waals surface area contributed by atoms with Crippen LogP contribution in [-0.4, -0.2) is 38.9 Å². The van der Waals surface area contributed by atoms with Crippen molar-refractivity contribution in [3.63, 3.8) is 0 Å². The molecule has 0 amide bonds. The molecule has 110 valence electrons. The first-order valence-electron chi connectivity index (χ1n) is 6.93. The number of carbonyl (C=O) groups is 1. The molecule has 0 saturated heterocycles. The number of thioether (sulfide) groups is 1. The fourth-order valence-electron chi connectivity index (χ4n) is 2.86. The maximum Gasteiger partial charge on any atom is 0.323 e. The van der Waals surface area contributed by atoms with Gasteiger partial charge in [0, 0.05) is 10.6 Å². The average Bonchev–Trinajstić information content (AvgIpc) is 2.92. The van der Waals surface area contributed by atoms with Crippen molar-refractivity contribution in [2.24, 2.45) is 0 Å². The maximum absolute atomic E-state index is 11.5. The summed E-state index contributed by atoms with van der Waals surface area (Å²) in [6.07, 6.45) is 3.71.